The molecule has 4 rings (SSSR count). The van der Waals surface area contributed by atoms with Gasteiger partial charge in [0.1, 0.15) is 36.4 Å². The Bertz CT molecular complexity index is 861. The zero-order valence-corrected chi connectivity index (χ0v) is 17.8. The van der Waals surface area contributed by atoms with Crippen LogP contribution in [0.4, 0.5) is 4.79 Å². The fourth-order valence-electron chi connectivity index (χ4n) is 3.86. The van der Waals surface area contributed by atoms with Crippen molar-refractivity contribution in [2.75, 3.05) is 26.8 Å². The van der Waals surface area contributed by atoms with E-state index >= 15 is 0 Å². The van der Waals surface area contributed by atoms with Crippen LogP contribution in [0, 0.1) is 0 Å². The summed E-state index contributed by atoms with van der Waals surface area (Å²) in [5, 5.41) is 0. The number of piperidine rings is 1. The van der Waals surface area contributed by atoms with E-state index in [-0.39, 0.29) is 24.9 Å². The maximum atomic E-state index is 12.5. The molecule has 2 aliphatic heterocycles. The third-order valence-electron chi connectivity index (χ3n) is 5.61. The highest BCUT2D eigenvalue weighted by Gasteiger charge is 2.31. The van der Waals surface area contributed by atoms with E-state index in [1.807, 2.05) is 66.7 Å². The smallest absolute Gasteiger partial charge is 0.409 e. The number of methoxy groups -OCH3 is 1. The molecule has 2 aromatic carbocycles. The van der Waals surface area contributed by atoms with E-state index in [1.165, 1.54) is 0 Å². The molecule has 31 heavy (non-hydrogen) atoms. The Kier molecular flexibility index (Phi) is 7.10. The van der Waals surface area contributed by atoms with Crippen molar-refractivity contribution in [3.8, 4) is 11.5 Å². The Morgan fingerprint density at radius 3 is 2.39 bits per heavy atom. The van der Waals surface area contributed by atoms with Gasteiger partial charge in [0.05, 0.1) is 7.11 Å². The molecule has 164 valence electrons. The molecule has 0 aliphatic carbocycles. The molecule has 2 aliphatic rings. The fraction of sp³-hybridized carbons (Fsp3) is 0.400. The van der Waals surface area contributed by atoms with E-state index in [2.05, 4.69) is 0 Å². The highest BCUT2D eigenvalue weighted by Crippen LogP contribution is 2.29. The quantitative estimate of drug-likeness (QED) is 0.627. The number of ether oxygens (including phenoxy) is 4. The van der Waals surface area contributed by atoms with Gasteiger partial charge < -0.3 is 23.8 Å². The number of rotatable bonds is 6. The minimum atomic E-state index is -0.425. The van der Waals surface area contributed by atoms with Gasteiger partial charge >= 0.3 is 6.09 Å². The number of amides is 1. The van der Waals surface area contributed by atoms with Crippen molar-refractivity contribution in [3.05, 3.63) is 72.3 Å². The third kappa shape index (κ3) is 5.58. The molecule has 3 atom stereocenters. The lowest BCUT2D eigenvalue weighted by Gasteiger charge is -2.33. The summed E-state index contributed by atoms with van der Waals surface area (Å²) in [4.78, 5) is 14.3. The van der Waals surface area contributed by atoms with Crippen LogP contribution in [0.15, 0.2) is 66.7 Å². The first-order valence-corrected chi connectivity index (χ1v) is 10.8. The molecule has 1 amide bonds. The molecule has 0 aromatic heterocycles. The van der Waals surface area contributed by atoms with Crippen LogP contribution < -0.4 is 9.47 Å². The molecule has 0 spiro atoms. The van der Waals surface area contributed by atoms with Crippen molar-refractivity contribution in [1.82, 2.24) is 4.90 Å². The number of hydrogen-bond acceptors (Lipinski definition) is 5. The van der Waals surface area contributed by atoms with Crippen LogP contribution in [0.5, 0.6) is 11.5 Å². The highest BCUT2D eigenvalue weighted by molar-refractivity contribution is 5.67. The van der Waals surface area contributed by atoms with E-state index in [0.29, 0.717) is 5.75 Å². The molecule has 0 radical (unpaired) electrons. The van der Waals surface area contributed by atoms with Gasteiger partial charge in [0.15, 0.2) is 0 Å². The molecule has 2 heterocycles. The molecular weight excluding hydrogens is 394 g/mol. The lowest BCUT2D eigenvalue weighted by molar-refractivity contribution is -0.0783. The summed E-state index contributed by atoms with van der Waals surface area (Å²) in [5.74, 6) is 1.46. The molecule has 1 fully saturated rings. The van der Waals surface area contributed by atoms with E-state index in [4.69, 9.17) is 18.9 Å². The average molecular weight is 424 g/mol. The molecule has 0 saturated carbocycles. The Morgan fingerprint density at radius 1 is 0.968 bits per heavy atom. The van der Waals surface area contributed by atoms with Crippen LogP contribution >= 0.6 is 0 Å². The number of carbonyl (C=O) groups is 1. The van der Waals surface area contributed by atoms with Gasteiger partial charge in [0.2, 0.25) is 0 Å². The predicted octanol–water partition coefficient (Wildman–Crippen LogP) is 4.76. The Labute approximate surface area is 183 Å². The zero-order valence-electron chi connectivity index (χ0n) is 17.8. The zero-order chi connectivity index (χ0) is 21.5. The summed E-state index contributed by atoms with van der Waals surface area (Å²) in [5.41, 5.74) is 1.05. The maximum Gasteiger partial charge on any atom is 0.409 e. The molecule has 6 nitrogen and oxygen atoms in total. The van der Waals surface area contributed by atoms with Crippen LogP contribution in [0.1, 0.15) is 30.9 Å². The molecule has 0 N–H and O–H groups in total. The Hall–Kier alpha value is -2.99. The second kappa shape index (κ2) is 10.4. The van der Waals surface area contributed by atoms with E-state index < -0.39 is 6.10 Å². The van der Waals surface area contributed by atoms with Crippen LogP contribution in [0.2, 0.25) is 0 Å². The summed E-state index contributed by atoms with van der Waals surface area (Å²) < 4.78 is 23.3. The van der Waals surface area contributed by atoms with Gasteiger partial charge in [-0.05, 0) is 55.2 Å². The molecule has 0 unspecified atom stereocenters. The fourth-order valence-corrected chi connectivity index (χ4v) is 3.86. The van der Waals surface area contributed by atoms with E-state index in [1.54, 1.807) is 12.0 Å². The Balaban J connectivity index is 1.45. The lowest BCUT2D eigenvalue weighted by Crippen LogP contribution is -2.43. The van der Waals surface area contributed by atoms with Gasteiger partial charge in [-0.15, -0.1) is 0 Å². The first kappa shape index (κ1) is 21.2. The van der Waals surface area contributed by atoms with Crippen molar-refractivity contribution in [1.29, 1.82) is 0 Å². The van der Waals surface area contributed by atoms with Gasteiger partial charge in [-0.3, -0.25) is 0 Å². The summed E-state index contributed by atoms with van der Waals surface area (Å²) in [6, 6.07) is 17.4. The summed E-state index contributed by atoms with van der Waals surface area (Å²) in [7, 11) is 1.63. The molecule has 6 heteroatoms. The largest absolute Gasteiger partial charge is 0.497 e. The van der Waals surface area contributed by atoms with Gasteiger partial charge in [-0.25, -0.2) is 4.79 Å². The molecule has 1 saturated heterocycles. The van der Waals surface area contributed by atoms with Gasteiger partial charge in [-0.2, -0.15) is 0 Å². The van der Waals surface area contributed by atoms with Crippen LogP contribution in [0.25, 0.3) is 0 Å². The van der Waals surface area contributed by atoms with Crippen LogP contribution in [0.3, 0.4) is 0 Å². The summed E-state index contributed by atoms with van der Waals surface area (Å²) in [6.07, 6.45) is 5.91. The standard InChI is InChI=1S/C25H29NO5/c1-28-20-10-12-21(13-11-20)30-23-15-14-22(19-8-4-2-5-9-19)31-24(23)18-29-25(27)26-16-6-3-7-17-26/h2,4-5,8-15,22-24H,3,6-7,16-18H2,1H3/t22-,23-,24-/m0/s1. The second-order valence-corrected chi connectivity index (χ2v) is 7.77. The van der Waals surface area contributed by atoms with Crippen LogP contribution in [-0.4, -0.2) is 50.0 Å². The van der Waals surface area contributed by atoms with Gasteiger partial charge in [0.25, 0.3) is 0 Å². The van der Waals surface area contributed by atoms with E-state index in [9.17, 15) is 4.79 Å². The van der Waals surface area contributed by atoms with Gasteiger partial charge in [-0.1, -0.05) is 36.4 Å². The monoisotopic (exact) mass is 423 g/mol. The normalized spacial score (nSPS) is 23.3. The first-order valence-electron chi connectivity index (χ1n) is 10.8. The summed E-state index contributed by atoms with van der Waals surface area (Å²) in [6.45, 7) is 1.63. The van der Waals surface area contributed by atoms with Crippen molar-refractivity contribution in [3.63, 3.8) is 0 Å². The third-order valence-corrected chi connectivity index (χ3v) is 5.61. The van der Waals surface area contributed by atoms with Crippen molar-refractivity contribution in [2.45, 2.75) is 37.6 Å². The number of carbonyl (C=O) groups excluding carboxylic acids is 1. The molecule has 2 aromatic rings. The maximum absolute atomic E-state index is 12.5. The minimum Gasteiger partial charge on any atom is -0.497 e. The average Bonchev–Trinajstić information content (AvgIpc) is 2.84. The number of nitrogens with zero attached hydrogens (tertiary/aromatic N) is 1. The second-order valence-electron chi connectivity index (χ2n) is 7.77. The van der Waals surface area contributed by atoms with Crippen molar-refractivity contribution in [2.24, 2.45) is 0 Å². The van der Waals surface area contributed by atoms with Crippen molar-refractivity contribution >= 4 is 6.09 Å². The number of hydrogen-bond donors (Lipinski definition) is 0. The minimum absolute atomic E-state index is 0.129. The molecule has 0 bridgehead atoms. The Morgan fingerprint density at radius 2 is 1.68 bits per heavy atom. The van der Waals surface area contributed by atoms with Gasteiger partial charge in [0, 0.05) is 13.1 Å². The molecular formula is C25H29NO5. The topological polar surface area (TPSA) is 57.2 Å². The van der Waals surface area contributed by atoms with E-state index in [0.717, 1.165) is 43.7 Å². The predicted molar refractivity (Wildman–Crippen MR) is 117 cm³/mol. The summed E-state index contributed by atoms with van der Waals surface area (Å²) >= 11 is 0. The van der Waals surface area contributed by atoms with Crippen LogP contribution in [-0.2, 0) is 9.47 Å². The first-order chi connectivity index (χ1) is 15.2. The number of likely N-dealkylation sites (tertiary alicyclic amines) is 1. The SMILES string of the molecule is COc1ccc(O[C@H]2C=C[C@@H](c3ccccc3)O[C@H]2COC(=O)N2CCCCC2)cc1. The lowest BCUT2D eigenvalue weighted by atomic mass is 10.0. The number of benzene rings is 2. The highest BCUT2D eigenvalue weighted by atomic mass is 16.6. The van der Waals surface area contributed by atoms with Crippen molar-refractivity contribution < 1.29 is 23.7 Å².